The lowest BCUT2D eigenvalue weighted by Crippen LogP contribution is -2.33. The van der Waals surface area contributed by atoms with Gasteiger partial charge < -0.3 is 19.1 Å². The number of aromatic nitrogens is 1. The second kappa shape index (κ2) is 12.4. The van der Waals surface area contributed by atoms with Gasteiger partial charge in [0.15, 0.2) is 0 Å². The Labute approximate surface area is 235 Å². The fraction of sp³-hybridized carbons (Fsp3) is 0.400. The summed E-state index contributed by atoms with van der Waals surface area (Å²) in [6.07, 6.45) is 2.78. The lowest BCUT2D eigenvalue weighted by Gasteiger charge is -2.24. The Kier molecular flexibility index (Phi) is 8.68. The lowest BCUT2D eigenvalue weighted by atomic mass is 10.1. The van der Waals surface area contributed by atoms with Crippen molar-refractivity contribution in [2.24, 2.45) is 0 Å². The zero-order valence-electron chi connectivity index (χ0n) is 22.8. The second-order valence-electron chi connectivity index (χ2n) is 10.1. The van der Waals surface area contributed by atoms with E-state index >= 15 is 0 Å². The number of benzene rings is 2. The van der Waals surface area contributed by atoms with Gasteiger partial charge in [0, 0.05) is 25.4 Å². The highest BCUT2D eigenvalue weighted by atomic mass is 32.2. The van der Waals surface area contributed by atoms with E-state index in [0.717, 1.165) is 24.1 Å². The number of rotatable bonds is 10. The van der Waals surface area contributed by atoms with Crippen LogP contribution < -0.4 is 9.47 Å². The number of likely N-dealkylation sites (tertiary alicyclic amines) is 1. The predicted octanol–water partition coefficient (Wildman–Crippen LogP) is 3.60. The van der Waals surface area contributed by atoms with Crippen LogP contribution in [0.5, 0.6) is 11.5 Å². The van der Waals surface area contributed by atoms with Crippen molar-refractivity contribution in [1.29, 1.82) is 0 Å². The van der Waals surface area contributed by atoms with Crippen molar-refractivity contribution in [1.82, 2.24) is 14.2 Å². The Morgan fingerprint density at radius 1 is 1.00 bits per heavy atom. The number of nitrogens with zero attached hydrogens (tertiary/aromatic N) is 3. The molecule has 2 aromatic carbocycles. The fourth-order valence-corrected chi connectivity index (χ4v) is 7.30. The Morgan fingerprint density at radius 3 is 2.58 bits per heavy atom. The molecule has 0 radical (unpaired) electrons. The van der Waals surface area contributed by atoms with Gasteiger partial charge in [-0.15, -0.1) is 0 Å². The van der Waals surface area contributed by atoms with E-state index in [-0.39, 0.29) is 36.3 Å². The molecule has 0 N–H and O–H groups in total. The van der Waals surface area contributed by atoms with Crippen LogP contribution in [-0.4, -0.2) is 74.6 Å². The van der Waals surface area contributed by atoms with Gasteiger partial charge in [0.05, 0.1) is 44.1 Å². The van der Waals surface area contributed by atoms with Crippen molar-refractivity contribution in [2.45, 2.75) is 43.3 Å². The average Bonchev–Trinajstić information content (AvgIpc) is 3.62. The van der Waals surface area contributed by atoms with Crippen LogP contribution in [0, 0.1) is 0 Å². The molecule has 3 atom stereocenters. The molecular formula is C30H35N3O6S. The molecule has 2 saturated heterocycles. The van der Waals surface area contributed by atoms with Gasteiger partial charge in [-0.05, 0) is 48.7 Å². The maximum Gasteiger partial charge on any atom is 0.227 e. The molecule has 3 unspecified atom stereocenters. The van der Waals surface area contributed by atoms with E-state index in [9.17, 15) is 13.2 Å². The number of para-hydroxylation sites is 1. The minimum atomic E-state index is -3.58. The van der Waals surface area contributed by atoms with Crippen molar-refractivity contribution in [3.05, 3.63) is 89.7 Å². The highest BCUT2D eigenvalue weighted by Gasteiger charge is 2.38. The third-order valence-corrected chi connectivity index (χ3v) is 9.38. The zero-order valence-corrected chi connectivity index (χ0v) is 23.6. The van der Waals surface area contributed by atoms with Crippen molar-refractivity contribution in [2.75, 3.05) is 33.9 Å². The number of carbonyl (C=O) groups excluding carboxylic acids is 1. The summed E-state index contributed by atoms with van der Waals surface area (Å²) in [5.41, 5.74) is 2.24. The quantitative estimate of drug-likeness (QED) is 0.371. The fourth-order valence-electron chi connectivity index (χ4n) is 5.53. The molecule has 2 fully saturated rings. The van der Waals surface area contributed by atoms with Crippen LogP contribution in [0.3, 0.4) is 0 Å². The number of ether oxygens (including phenoxy) is 3. The number of carbonyl (C=O) groups is 1. The van der Waals surface area contributed by atoms with E-state index in [2.05, 4.69) is 4.98 Å². The van der Waals surface area contributed by atoms with Crippen molar-refractivity contribution >= 4 is 15.9 Å². The maximum absolute atomic E-state index is 13.4. The van der Waals surface area contributed by atoms with E-state index in [1.54, 1.807) is 53.9 Å². The maximum atomic E-state index is 13.4. The van der Waals surface area contributed by atoms with Gasteiger partial charge in [0.2, 0.25) is 15.9 Å². The predicted molar refractivity (Wildman–Crippen MR) is 150 cm³/mol. The number of hydrogen-bond acceptors (Lipinski definition) is 7. The van der Waals surface area contributed by atoms with Crippen LogP contribution >= 0.6 is 0 Å². The van der Waals surface area contributed by atoms with Crippen LogP contribution in [0.4, 0.5) is 0 Å². The van der Waals surface area contributed by atoms with Gasteiger partial charge >= 0.3 is 0 Å². The number of sulfonamides is 1. The molecule has 1 aromatic heterocycles. The topological polar surface area (TPSA) is 98.3 Å². The molecule has 40 heavy (non-hydrogen) atoms. The number of pyridine rings is 1. The molecule has 212 valence electrons. The van der Waals surface area contributed by atoms with Gasteiger partial charge in [0.25, 0.3) is 0 Å². The van der Waals surface area contributed by atoms with Gasteiger partial charge in [-0.1, -0.05) is 36.4 Å². The molecule has 0 spiro atoms. The Hall–Kier alpha value is -3.47. The minimum absolute atomic E-state index is 0.0365. The third-order valence-electron chi connectivity index (χ3n) is 7.53. The third kappa shape index (κ3) is 6.29. The Balaban J connectivity index is 1.24. The SMILES string of the molecule is COc1ccccc1CC(=O)N1CC(OC)C(Oc2cccc(CS(=O)(=O)N3CCCC3c3ccccn3)c2)C1. The summed E-state index contributed by atoms with van der Waals surface area (Å²) in [5, 5.41) is 0. The first-order valence-electron chi connectivity index (χ1n) is 13.5. The molecular weight excluding hydrogens is 530 g/mol. The molecule has 2 aliphatic heterocycles. The summed E-state index contributed by atoms with van der Waals surface area (Å²) in [5.74, 6) is 1.06. The molecule has 2 aliphatic rings. The van der Waals surface area contributed by atoms with Crippen LogP contribution in [0.2, 0.25) is 0 Å². The zero-order chi connectivity index (χ0) is 28.1. The monoisotopic (exact) mass is 565 g/mol. The molecule has 9 nitrogen and oxygen atoms in total. The summed E-state index contributed by atoms with van der Waals surface area (Å²) < 4.78 is 45.8. The number of amides is 1. The van der Waals surface area contributed by atoms with Gasteiger partial charge in [-0.2, -0.15) is 4.31 Å². The van der Waals surface area contributed by atoms with Gasteiger partial charge in [0.1, 0.15) is 23.7 Å². The van der Waals surface area contributed by atoms with E-state index in [1.807, 2.05) is 42.5 Å². The average molecular weight is 566 g/mol. The molecule has 0 aliphatic carbocycles. The van der Waals surface area contributed by atoms with Crippen molar-refractivity contribution in [3.8, 4) is 11.5 Å². The first-order chi connectivity index (χ1) is 19.4. The minimum Gasteiger partial charge on any atom is -0.496 e. The molecule has 10 heteroatoms. The van der Waals surface area contributed by atoms with Gasteiger partial charge in [-0.3, -0.25) is 9.78 Å². The molecule has 3 aromatic rings. The molecule has 0 bridgehead atoms. The standard InChI is InChI=1S/C30H35N3O6S/c1-37-27-14-4-3-10-23(27)18-30(34)32-19-28(38-2)29(20-32)39-24-11-7-9-22(17-24)21-40(35,36)33-16-8-13-26(33)25-12-5-6-15-31-25/h3-7,9-12,14-15,17,26,28-29H,8,13,16,18-21H2,1-2H3. The van der Waals surface area contributed by atoms with Crippen LogP contribution in [0.1, 0.15) is 35.7 Å². The molecule has 1 amide bonds. The first kappa shape index (κ1) is 28.1. The second-order valence-corrected chi connectivity index (χ2v) is 12.1. The highest BCUT2D eigenvalue weighted by molar-refractivity contribution is 7.88. The molecule has 5 rings (SSSR count). The van der Waals surface area contributed by atoms with E-state index in [0.29, 0.717) is 36.7 Å². The summed E-state index contributed by atoms with van der Waals surface area (Å²) in [6.45, 7) is 1.26. The van der Waals surface area contributed by atoms with Crippen LogP contribution in [0.15, 0.2) is 72.9 Å². The molecule has 0 saturated carbocycles. The first-order valence-corrected chi connectivity index (χ1v) is 15.1. The van der Waals surface area contributed by atoms with Crippen LogP contribution in [-0.2, 0) is 31.7 Å². The summed E-state index contributed by atoms with van der Waals surface area (Å²) in [7, 11) is -0.381. The van der Waals surface area contributed by atoms with E-state index in [4.69, 9.17) is 14.2 Å². The van der Waals surface area contributed by atoms with Crippen molar-refractivity contribution < 1.29 is 27.4 Å². The van der Waals surface area contributed by atoms with Crippen molar-refractivity contribution in [3.63, 3.8) is 0 Å². The number of methoxy groups -OCH3 is 2. The molecule has 3 heterocycles. The summed E-state index contributed by atoms with van der Waals surface area (Å²) in [6, 6.07) is 20.0. The lowest BCUT2D eigenvalue weighted by molar-refractivity contribution is -0.130. The van der Waals surface area contributed by atoms with E-state index in [1.165, 1.54) is 0 Å². The largest absolute Gasteiger partial charge is 0.496 e. The normalized spacial score (nSPS) is 21.4. The van der Waals surface area contributed by atoms with Gasteiger partial charge in [-0.25, -0.2) is 8.42 Å². The Bertz CT molecular complexity index is 1420. The summed E-state index contributed by atoms with van der Waals surface area (Å²) in [4.78, 5) is 19.2. The smallest absolute Gasteiger partial charge is 0.227 e. The highest BCUT2D eigenvalue weighted by Crippen LogP contribution is 2.34. The Morgan fingerprint density at radius 2 is 1.80 bits per heavy atom. The summed E-state index contributed by atoms with van der Waals surface area (Å²) >= 11 is 0. The number of hydrogen-bond donors (Lipinski definition) is 0. The van der Waals surface area contributed by atoms with E-state index < -0.39 is 10.0 Å². The van der Waals surface area contributed by atoms with Crippen LogP contribution in [0.25, 0.3) is 0 Å².